The summed E-state index contributed by atoms with van der Waals surface area (Å²) in [6.45, 7) is 4.35. The summed E-state index contributed by atoms with van der Waals surface area (Å²) in [6.07, 6.45) is 12.4. The number of aliphatic imine (C=N–C) groups is 1. The van der Waals surface area contributed by atoms with E-state index in [1.165, 1.54) is 5.57 Å². The van der Waals surface area contributed by atoms with Crippen LogP contribution in [0.15, 0.2) is 77.6 Å². The first-order valence-corrected chi connectivity index (χ1v) is 10.4. The Bertz CT molecular complexity index is 1250. The SMILES string of the molecule is CC(C)C1=CN[NH2+]C(Nc2ccc3ncc(C4=C(c5cccnc5)N=CC4)cc3n2)=C1. The highest BCUT2D eigenvalue weighted by atomic mass is 15.4. The van der Waals surface area contributed by atoms with Crippen LogP contribution in [0.5, 0.6) is 0 Å². The Kier molecular flexibility index (Phi) is 5.01. The van der Waals surface area contributed by atoms with Crippen LogP contribution in [0, 0.1) is 5.92 Å². The van der Waals surface area contributed by atoms with Crippen molar-refractivity contribution in [3.05, 3.63) is 83.7 Å². The van der Waals surface area contributed by atoms with Gasteiger partial charge in [-0.2, -0.15) is 5.43 Å². The molecule has 0 fully saturated rings. The molecule has 0 bridgehead atoms. The number of anilines is 1. The van der Waals surface area contributed by atoms with Gasteiger partial charge in [-0.25, -0.2) is 10.4 Å². The topological polar surface area (TPSA) is 91.7 Å². The lowest BCUT2D eigenvalue weighted by atomic mass is 10.0. The molecule has 0 atom stereocenters. The zero-order chi connectivity index (χ0) is 21.2. The molecule has 7 heteroatoms. The van der Waals surface area contributed by atoms with Gasteiger partial charge in [0, 0.05) is 48.4 Å². The van der Waals surface area contributed by atoms with Crippen molar-refractivity contribution in [3.8, 4) is 0 Å². The number of rotatable bonds is 5. The van der Waals surface area contributed by atoms with Crippen molar-refractivity contribution in [1.29, 1.82) is 0 Å². The minimum Gasteiger partial charge on any atom is -0.294 e. The summed E-state index contributed by atoms with van der Waals surface area (Å²) in [5.74, 6) is 2.21. The van der Waals surface area contributed by atoms with Crippen LogP contribution in [0.25, 0.3) is 22.3 Å². The van der Waals surface area contributed by atoms with Gasteiger partial charge in [0.1, 0.15) is 5.82 Å². The van der Waals surface area contributed by atoms with Crippen LogP contribution < -0.4 is 16.2 Å². The molecule has 31 heavy (non-hydrogen) atoms. The van der Waals surface area contributed by atoms with Gasteiger partial charge < -0.3 is 0 Å². The van der Waals surface area contributed by atoms with Gasteiger partial charge in [-0.3, -0.25) is 20.3 Å². The number of nitrogens with two attached hydrogens (primary N) is 1. The van der Waals surface area contributed by atoms with E-state index in [-0.39, 0.29) is 0 Å². The molecule has 7 nitrogen and oxygen atoms in total. The van der Waals surface area contributed by atoms with E-state index in [9.17, 15) is 0 Å². The minimum atomic E-state index is 0.449. The van der Waals surface area contributed by atoms with E-state index in [2.05, 4.69) is 51.7 Å². The molecule has 0 radical (unpaired) electrons. The Hall–Kier alpha value is -3.84. The van der Waals surface area contributed by atoms with Crippen molar-refractivity contribution in [2.45, 2.75) is 20.3 Å². The third kappa shape index (κ3) is 3.95. The van der Waals surface area contributed by atoms with Crippen molar-refractivity contribution in [2.24, 2.45) is 10.9 Å². The van der Waals surface area contributed by atoms with Gasteiger partial charge in [0.05, 0.1) is 22.9 Å². The van der Waals surface area contributed by atoms with E-state index in [4.69, 9.17) is 4.98 Å². The molecule has 0 aliphatic carbocycles. The average Bonchev–Trinajstić information content (AvgIpc) is 3.29. The summed E-state index contributed by atoms with van der Waals surface area (Å²) in [5.41, 5.74) is 12.2. The molecule has 3 aromatic heterocycles. The van der Waals surface area contributed by atoms with Gasteiger partial charge in [0.25, 0.3) is 0 Å². The number of aromatic nitrogens is 3. The molecule has 0 unspecified atom stereocenters. The summed E-state index contributed by atoms with van der Waals surface area (Å²) in [7, 11) is 0. The second kappa shape index (κ2) is 8.12. The summed E-state index contributed by atoms with van der Waals surface area (Å²) in [6, 6.07) is 9.99. The predicted molar refractivity (Wildman–Crippen MR) is 123 cm³/mol. The van der Waals surface area contributed by atoms with Crippen molar-refractivity contribution in [1.82, 2.24) is 20.4 Å². The lowest BCUT2D eigenvalue weighted by molar-refractivity contribution is -0.656. The van der Waals surface area contributed by atoms with Gasteiger partial charge >= 0.3 is 0 Å². The second-order valence-electron chi connectivity index (χ2n) is 7.88. The number of pyridine rings is 3. The third-order valence-electron chi connectivity index (χ3n) is 5.37. The Morgan fingerprint density at radius 2 is 2.03 bits per heavy atom. The molecule has 154 valence electrons. The Labute approximate surface area is 180 Å². The van der Waals surface area contributed by atoms with Gasteiger partial charge in [0.2, 0.25) is 5.82 Å². The number of hydrogen-bond donors (Lipinski definition) is 3. The predicted octanol–water partition coefficient (Wildman–Crippen LogP) is 3.24. The lowest BCUT2D eigenvalue weighted by Gasteiger charge is -2.16. The zero-order valence-electron chi connectivity index (χ0n) is 17.5. The first kappa shape index (κ1) is 19.1. The Balaban J connectivity index is 1.47. The monoisotopic (exact) mass is 410 g/mol. The van der Waals surface area contributed by atoms with Crippen LogP contribution in [0.1, 0.15) is 31.4 Å². The third-order valence-corrected chi connectivity index (χ3v) is 5.37. The van der Waals surface area contributed by atoms with Crippen molar-refractivity contribution < 1.29 is 5.43 Å². The summed E-state index contributed by atoms with van der Waals surface area (Å²) in [5, 5.41) is 3.40. The van der Waals surface area contributed by atoms with Crippen molar-refractivity contribution >= 4 is 34.3 Å². The first-order chi connectivity index (χ1) is 15.2. The molecule has 0 aromatic carbocycles. The van der Waals surface area contributed by atoms with Crippen LogP contribution in [0.2, 0.25) is 0 Å². The fourth-order valence-corrected chi connectivity index (χ4v) is 3.69. The molecule has 5 rings (SSSR count). The van der Waals surface area contributed by atoms with Gasteiger partial charge in [-0.1, -0.05) is 13.8 Å². The number of hydrogen-bond acceptors (Lipinski definition) is 6. The highest BCUT2D eigenvalue weighted by Gasteiger charge is 2.17. The molecule has 4 N–H and O–H groups in total. The molecular formula is C24H24N7+. The van der Waals surface area contributed by atoms with E-state index < -0.39 is 0 Å². The van der Waals surface area contributed by atoms with E-state index in [1.807, 2.05) is 54.5 Å². The molecular weight excluding hydrogens is 386 g/mol. The van der Waals surface area contributed by atoms with Crippen LogP contribution in [-0.2, 0) is 0 Å². The van der Waals surface area contributed by atoms with E-state index >= 15 is 0 Å². The Morgan fingerprint density at radius 1 is 1.10 bits per heavy atom. The fraction of sp³-hybridized carbons (Fsp3) is 0.167. The highest BCUT2D eigenvalue weighted by Crippen LogP contribution is 2.33. The van der Waals surface area contributed by atoms with E-state index in [0.717, 1.165) is 51.5 Å². The van der Waals surface area contributed by atoms with Crippen LogP contribution in [-0.4, -0.2) is 21.2 Å². The summed E-state index contributed by atoms with van der Waals surface area (Å²) in [4.78, 5) is 18.3. The number of nitrogens with one attached hydrogen (secondary N) is 2. The fourth-order valence-electron chi connectivity index (χ4n) is 3.69. The largest absolute Gasteiger partial charge is 0.294 e. The summed E-state index contributed by atoms with van der Waals surface area (Å²) < 4.78 is 0. The number of nitrogens with zero attached hydrogens (tertiary/aromatic N) is 4. The van der Waals surface area contributed by atoms with Crippen LogP contribution >= 0.6 is 0 Å². The van der Waals surface area contributed by atoms with E-state index in [0.29, 0.717) is 5.92 Å². The van der Waals surface area contributed by atoms with Crippen LogP contribution in [0.4, 0.5) is 5.82 Å². The summed E-state index contributed by atoms with van der Waals surface area (Å²) >= 11 is 0. The van der Waals surface area contributed by atoms with Crippen molar-refractivity contribution in [3.63, 3.8) is 0 Å². The van der Waals surface area contributed by atoms with Gasteiger partial charge in [-0.15, -0.1) is 0 Å². The van der Waals surface area contributed by atoms with Gasteiger partial charge in [0.15, 0.2) is 0 Å². The van der Waals surface area contributed by atoms with Crippen molar-refractivity contribution in [2.75, 3.05) is 5.32 Å². The molecule has 3 aromatic rings. The normalized spacial score (nSPS) is 15.8. The van der Waals surface area contributed by atoms with E-state index in [1.54, 1.807) is 6.20 Å². The second-order valence-corrected chi connectivity index (χ2v) is 7.88. The maximum Gasteiger partial charge on any atom is 0.228 e. The molecule has 0 amide bonds. The first-order valence-electron chi connectivity index (χ1n) is 10.4. The molecule has 2 aliphatic rings. The van der Waals surface area contributed by atoms with Crippen LogP contribution in [0.3, 0.4) is 0 Å². The smallest absolute Gasteiger partial charge is 0.228 e. The number of quaternary nitrogens is 1. The maximum atomic E-state index is 4.81. The molecule has 0 saturated carbocycles. The molecule has 0 saturated heterocycles. The molecule has 0 spiro atoms. The quantitative estimate of drug-likeness (QED) is 0.562. The standard InChI is InChI=1S/C24H23N7/c1-15(2)17-11-23(31-28-14-17)30-22-6-5-20-21(29-22)10-18(13-27-20)19-7-9-26-24(19)16-4-3-8-25-12-16/h3-6,8-15,28,31H,7H2,1-2H3,(H,29,30)/p+1. The molecule has 2 aliphatic heterocycles. The number of fused-ring (bicyclic) bond motifs is 1. The van der Waals surface area contributed by atoms with Gasteiger partial charge in [-0.05, 0) is 47.4 Å². The Morgan fingerprint density at radius 3 is 2.87 bits per heavy atom. The lowest BCUT2D eigenvalue weighted by Crippen LogP contribution is -2.92. The average molecular weight is 411 g/mol. The maximum absolute atomic E-state index is 4.81. The minimum absolute atomic E-state index is 0.449. The number of allylic oxidation sites excluding steroid dienone is 3. The molecule has 5 heterocycles. The highest BCUT2D eigenvalue weighted by molar-refractivity contribution is 6.03. The zero-order valence-corrected chi connectivity index (χ0v) is 17.5.